The van der Waals surface area contributed by atoms with E-state index in [-0.39, 0.29) is 12.5 Å². The SMILES string of the molecule is CC(=O)NC1[C@H](OC(C)=O)OC(COC(C)=O)[C@H](OC(C)=O)[C@@H]1C. The molecule has 1 aliphatic rings. The summed E-state index contributed by atoms with van der Waals surface area (Å²) >= 11 is 0. The molecule has 1 N–H and O–H groups in total. The number of carbonyl (C=O) groups excluding carboxylic acids is 4. The van der Waals surface area contributed by atoms with Crippen LogP contribution in [0.15, 0.2) is 0 Å². The maximum atomic E-state index is 11.4. The molecule has 24 heavy (non-hydrogen) atoms. The standard InChI is InChI=1S/C15H23NO8/c1-7-13(16-8(2)17)15(23-11(5)20)24-12(6-21-9(3)18)14(7)22-10(4)19/h7,12-15H,6H2,1-5H3,(H,16,17)/t7-,12?,13?,14-,15-/m1/s1. The molecule has 1 fully saturated rings. The van der Waals surface area contributed by atoms with Crippen molar-refractivity contribution in [1.82, 2.24) is 5.32 Å². The van der Waals surface area contributed by atoms with Gasteiger partial charge in [0.1, 0.15) is 18.8 Å². The Morgan fingerprint density at radius 2 is 1.54 bits per heavy atom. The van der Waals surface area contributed by atoms with E-state index < -0.39 is 48.4 Å². The molecule has 1 saturated heterocycles. The van der Waals surface area contributed by atoms with Crippen molar-refractivity contribution in [2.45, 2.75) is 59.2 Å². The second-order valence-corrected chi connectivity index (χ2v) is 5.61. The van der Waals surface area contributed by atoms with E-state index in [4.69, 9.17) is 18.9 Å². The Kier molecular flexibility index (Phi) is 7.15. The molecule has 0 spiro atoms. The van der Waals surface area contributed by atoms with Gasteiger partial charge >= 0.3 is 17.9 Å². The summed E-state index contributed by atoms with van der Waals surface area (Å²) in [5.41, 5.74) is 0. The van der Waals surface area contributed by atoms with E-state index in [9.17, 15) is 19.2 Å². The third-order valence-electron chi connectivity index (χ3n) is 3.46. The lowest BCUT2D eigenvalue weighted by Crippen LogP contribution is -2.62. The summed E-state index contributed by atoms with van der Waals surface area (Å²) in [6.45, 7) is 6.52. The summed E-state index contributed by atoms with van der Waals surface area (Å²) in [5, 5.41) is 2.64. The normalized spacial score (nSPS) is 29.3. The van der Waals surface area contributed by atoms with Gasteiger partial charge in [-0.2, -0.15) is 0 Å². The average molecular weight is 345 g/mol. The molecule has 5 atom stereocenters. The zero-order valence-electron chi connectivity index (χ0n) is 14.4. The Morgan fingerprint density at radius 1 is 0.958 bits per heavy atom. The van der Waals surface area contributed by atoms with E-state index in [1.54, 1.807) is 6.92 Å². The summed E-state index contributed by atoms with van der Waals surface area (Å²) in [6.07, 6.45) is -2.71. The largest absolute Gasteiger partial charge is 0.463 e. The zero-order chi connectivity index (χ0) is 18.4. The molecule has 1 heterocycles. The monoisotopic (exact) mass is 345 g/mol. The highest BCUT2D eigenvalue weighted by Crippen LogP contribution is 2.29. The van der Waals surface area contributed by atoms with Gasteiger partial charge in [0.2, 0.25) is 12.2 Å². The van der Waals surface area contributed by atoms with Crippen molar-refractivity contribution in [1.29, 1.82) is 0 Å². The molecule has 136 valence electrons. The summed E-state index contributed by atoms with van der Waals surface area (Å²) in [4.78, 5) is 45.1. The maximum absolute atomic E-state index is 11.4. The molecular weight excluding hydrogens is 322 g/mol. The van der Waals surface area contributed by atoms with E-state index in [0.717, 1.165) is 0 Å². The molecule has 0 aromatic heterocycles. The number of hydrogen-bond acceptors (Lipinski definition) is 8. The molecule has 2 unspecified atom stereocenters. The van der Waals surface area contributed by atoms with Crippen molar-refractivity contribution < 1.29 is 38.1 Å². The Hall–Kier alpha value is -2.16. The summed E-state index contributed by atoms with van der Waals surface area (Å²) in [6, 6.07) is -0.718. The highest BCUT2D eigenvalue weighted by Gasteiger charge is 2.47. The summed E-state index contributed by atoms with van der Waals surface area (Å²) in [5.74, 6) is -2.47. The number of ether oxygens (including phenoxy) is 4. The van der Waals surface area contributed by atoms with Gasteiger partial charge in [0.05, 0.1) is 6.04 Å². The molecule has 1 amide bonds. The molecule has 1 rings (SSSR count). The first kappa shape index (κ1) is 19.9. The van der Waals surface area contributed by atoms with Gasteiger partial charge in [0.25, 0.3) is 0 Å². The lowest BCUT2D eigenvalue weighted by Gasteiger charge is -2.44. The highest BCUT2D eigenvalue weighted by atomic mass is 16.7. The topological polar surface area (TPSA) is 117 Å². The van der Waals surface area contributed by atoms with Gasteiger partial charge in [-0.25, -0.2) is 0 Å². The van der Waals surface area contributed by atoms with Crippen molar-refractivity contribution in [3.63, 3.8) is 0 Å². The van der Waals surface area contributed by atoms with Crippen LogP contribution in [0.4, 0.5) is 0 Å². The molecular formula is C15H23NO8. The number of rotatable bonds is 5. The number of hydrogen-bond donors (Lipinski definition) is 1. The number of esters is 3. The van der Waals surface area contributed by atoms with Crippen LogP contribution in [0.3, 0.4) is 0 Å². The van der Waals surface area contributed by atoms with E-state index in [1.807, 2.05) is 0 Å². The van der Waals surface area contributed by atoms with Gasteiger partial charge in [0, 0.05) is 33.6 Å². The molecule has 9 heteroatoms. The van der Waals surface area contributed by atoms with Crippen molar-refractivity contribution >= 4 is 23.8 Å². The van der Waals surface area contributed by atoms with Crippen molar-refractivity contribution in [3.05, 3.63) is 0 Å². The highest BCUT2D eigenvalue weighted by molar-refractivity contribution is 5.73. The van der Waals surface area contributed by atoms with Gasteiger partial charge in [-0.1, -0.05) is 6.92 Å². The van der Waals surface area contributed by atoms with Crippen LogP contribution in [-0.4, -0.2) is 55.0 Å². The predicted molar refractivity (Wildman–Crippen MR) is 79.4 cm³/mol. The molecule has 0 aromatic carbocycles. The smallest absolute Gasteiger partial charge is 0.305 e. The molecule has 0 aromatic rings. The first-order valence-corrected chi connectivity index (χ1v) is 7.52. The maximum Gasteiger partial charge on any atom is 0.305 e. The van der Waals surface area contributed by atoms with Gasteiger partial charge in [0.15, 0.2) is 0 Å². The fourth-order valence-corrected chi connectivity index (χ4v) is 2.53. The number of amides is 1. The zero-order valence-corrected chi connectivity index (χ0v) is 14.4. The third kappa shape index (κ3) is 5.80. The minimum atomic E-state index is -1.09. The van der Waals surface area contributed by atoms with Gasteiger partial charge in [-0.15, -0.1) is 0 Å². The van der Waals surface area contributed by atoms with Crippen LogP contribution in [0, 0.1) is 5.92 Å². The van der Waals surface area contributed by atoms with Crippen molar-refractivity contribution in [3.8, 4) is 0 Å². The molecule has 0 radical (unpaired) electrons. The third-order valence-corrected chi connectivity index (χ3v) is 3.46. The van der Waals surface area contributed by atoms with Crippen molar-refractivity contribution in [2.75, 3.05) is 6.61 Å². The minimum absolute atomic E-state index is 0.178. The number of carbonyl (C=O) groups is 4. The Bertz CT molecular complexity index is 504. The van der Waals surface area contributed by atoms with Crippen LogP contribution in [0.5, 0.6) is 0 Å². The first-order chi connectivity index (χ1) is 11.1. The molecule has 1 aliphatic heterocycles. The summed E-state index contributed by atoms with van der Waals surface area (Å²) in [7, 11) is 0. The second-order valence-electron chi connectivity index (χ2n) is 5.61. The molecule has 9 nitrogen and oxygen atoms in total. The van der Waals surface area contributed by atoms with E-state index >= 15 is 0 Å². The van der Waals surface area contributed by atoms with Gasteiger partial charge in [-0.05, 0) is 0 Å². The van der Waals surface area contributed by atoms with Gasteiger partial charge in [-0.3, -0.25) is 19.2 Å². The van der Waals surface area contributed by atoms with Crippen LogP contribution in [0.25, 0.3) is 0 Å². The average Bonchev–Trinajstić information content (AvgIpc) is 2.42. The van der Waals surface area contributed by atoms with Crippen LogP contribution in [-0.2, 0) is 38.1 Å². The quantitative estimate of drug-likeness (QED) is 0.543. The molecule has 0 aliphatic carbocycles. The molecule has 0 bridgehead atoms. The summed E-state index contributed by atoms with van der Waals surface area (Å²) < 4.78 is 20.9. The van der Waals surface area contributed by atoms with E-state index in [2.05, 4.69) is 5.32 Å². The van der Waals surface area contributed by atoms with Crippen molar-refractivity contribution in [2.24, 2.45) is 5.92 Å². The Morgan fingerprint density at radius 3 is 2.00 bits per heavy atom. The van der Waals surface area contributed by atoms with E-state index in [0.29, 0.717) is 0 Å². The fourth-order valence-electron chi connectivity index (χ4n) is 2.53. The molecule has 0 saturated carbocycles. The predicted octanol–water partition coefficient (Wildman–Crippen LogP) is -0.0900. The Balaban J connectivity index is 3.04. The van der Waals surface area contributed by atoms with Crippen LogP contribution in [0.2, 0.25) is 0 Å². The van der Waals surface area contributed by atoms with Gasteiger partial charge < -0.3 is 24.3 Å². The Labute approximate surface area is 139 Å². The van der Waals surface area contributed by atoms with Crippen LogP contribution in [0.1, 0.15) is 34.6 Å². The van der Waals surface area contributed by atoms with Crippen LogP contribution < -0.4 is 5.32 Å². The minimum Gasteiger partial charge on any atom is -0.463 e. The van der Waals surface area contributed by atoms with E-state index in [1.165, 1.54) is 27.7 Å². The first-order valence-electron chi connectivity index (χ1n) is 7.52. The lowest BCUT2D eigenvalue weighted by molar-refractivity contribution is -0.256. The lowest BCUT2D eigenvalue weighted by atomic mass is 9.88. The fraction of sp³-hybridized carbons (Fsp3) is 0.733. The van der Waals surface area contributed by atoms with Crippen LogP contribution >= 0.6 is 0 Å². The number of nitrogens with one attached hydrogen (secondary N) is 1. The second kappa shape index (κ2) is 8.62.